The van der Waals surface area contributed by atoms with Crippen LogP contribution in [0.3, 0.4) is 0 Å². The number of rotatable bonds is 9. The molecular weight excluding hydrogens is 390 g/mol. The Hall–Kier alpha value is -2.09. The van der Waals surface area contributed by atoms with Crippen LogP contribution in [0.25, 0.3) is 0 Å². The molecule has 0 bridgehead atoms. The maximum atomic E-state index is 12.9. The van der Waals surface area contributed by atoms with E-state index in [1.54, 1.807) is 60.5 Å². The van der Waals surface area contributed by atoms with E-state index >= 15 is 0 Å². The Bertz CT molecular complexity index is 868. The van der Waals surface area contributed by atoms with Gasteiger partial charge in [0.05, 0.1) is 22.9 Å². The van der Waals surface area contributed by atoms with Crippen LogP contribution >= 0.6 is 11.6 Å². The molecule has 2 aromatic rings. The number of amides is 1. The molecule has 6 nitrogen and oxygen atoms in total. The van der Waals surface area contributed by atoms with Gasteiger partial charge in [-0.3, -0.25) is 4.79 Å². The summed E-state index contributed by atoms with van der Waals surface area (Å²) >= 11 is 6.14. The fourth-order valence-electron chi connectivity index (χ4n) is 2.34. The van der Waals surface area contributed by atoms with Gasteiger partial charge in [0, 0.05) is 20.2 Å². The van der Waals surface area contributed by atoms with E-state index in [-0.39, 0.29) is 17.4 Å². The van der Waals surface area contributed by atoms with Gasteiger partial charge in [0.1, 0.15) is 5.75 Å². The van der Waals surface area contributed by atoms with Crippen molar-refractivity contribution in [2.75, 3.05) is 26.0 Å². The highest BCUT2D eigenvalue weighted by molar-refractivity contribution is 7.87. The van der Waals surface area contributed by atoms with E-state index in [9.17, 15) is 13.2 Å². The van der Waals surface area contributed by atoms with Crippen LogP contribution in [0.4, 0.5) is 0 Å². The minimum atomic E-state index is -3.57. The average Bonchev–Trinajstić information content (AvgIpc) is 2.66. The highest BCUT2D eigenvalue weighted by Gasteiger charge is 2.18. The summed E-state index contributed by atoms with van der Waals surface area (Å²) in [7, 11) is -2.00. The molecular formula is C19H22ClNO5S. The number of methoxy groups -OCH3 is 1. The fourth-order valence-corrected chi connectivity index (χ4v) is 3.07. The molecule has 27 heavy (non-hydrogen) atoms. The molecule has 1 amide bonds. The number of ether oxygens (including phenoxy) is 1. The van der Waals surface area contributed by atoms with Crippen LogP contribution in [0.15, 0.2) is 48.5 Å². The quantitative estimate of drug-likeness (QED) is 0.591. The van der Waals surface area contributed by atoms with Gasteiger partial charge < -0.3 is 13.8 Å². The predicted octanol–water partition coefficient (Wildman–Crippen LogP) is 3.36. The van der Waals surface area contributed by atoms with E-state index in [4.69, 9.17) is 20.5 Å². The topological polar surface area (TPSA) is 72.9 Å². The average molecular weight is 412 g/mol. The Balaban J connectivity index is 2.16. The summed E-state index contributed by atoms with van der Waals surface area (Å²) in [5.74, 6) is -0.0701. The molecule has 0 unspecified atom stereocenters. The lowest BCUT2D eigenvalue weighted by molar-refractivity contribution is 0.0680. The molecule has 0 atom stereocenters. The second kappa shape index (κ2) is 9.73. The number of hydrogen-bond acceptors (Lipinski definition) is 5. The maximum absolute atomic E-state index is 12.9. The molecule has 8 heteroatoms. The van der Waals surface area contributed by atoms with Gasteiger partial charge >= 0.3 is 10.1 Å². The van der Waals surface area contributed by atoms with Crippen molar-refractivity contribution in [2.45, 2.75) is 13.5 Å². The van der Waals surface area contributed by atoms with Crippen molar-refractivity contribution in [1.29, 1.82) is 0 Å². The summed E-state index contributed by atoms with van der Waals surface area (Å²) in [6.45, 7) is 2.61. The standard InChI is InChI=1S/C19H22ClNO5S/c1-3-27(23,24)26-16-10-8-15(9-11-16)14-21(12-13-25-2)19(22)17-6-4-5-7-18(17)20/h4-11H,3,12-14H2,1-2H3. The first-order chi connectivity index (χ1) is 12.9. The van der Waals surface area contributed by atoms with E-state index in [1.165, 1.54) is 6.92 Å². The van der Waals surface area contributed by atoms with Gasteiger partial charge in [0.25, 0.3) is 5.91 Å². The molecule has 2 rings (SSSR count). The van der Waals surface area contributed by atoms with Crippen molar-refractivity contribution in [3.05, 3.63) is 64.7 Å². The first-order valence-corrected chi connectivity index (χ1v) is 10.4. The van der Waals surface area contributed by atoms with Crippen molar-refractivity contribution in [2.24, 2.45) is 0 Å². The molecule has 2 aromatic carbocycles. The molecule has 0 heterocycles. The Labute approximate surface area is 164 Å². The smallest absolute Gasteiger partial charge is 0.308 e. The van der Waals surface area contributed by atoms with E-state index in [1.807, 2.05) is 0 Å². The zero-order chi connectivity index (χ0) is 19.9. The number of hydrogen-bond donors (Lipinski definition) is 0. The first-order valence-electron chi connectivity index (χ1n) is 8.40. The monoisotopic (exact) mass is 411 g/mol. The summed E-state index contributed by atoms with van der Waals surface area (Å²) in [5, 5.41) is 0.387. The minimum Gasteiger partial charge on any atom is -0.383 e. The van der Waals surface area contributed by atoms with Gasteiger partial charge in [0.15, 0.2) is 0 Å². The third-order valence-corrected chi connectivity index (χ3v) is 5.31. The van der Waals surface area contributed by atoms with E-state index in [0.29, 0.717) is 30.3 Å². The summed E-state index contributed by atoms with van der Waals surface area (Å²) in [6.07, 6.45) is 0. The van der Waals surface area contributed by atoms with Crippen LogP contribution < -0.4 is 4.18 Å². The van der Waals surface area contributed by atoms with Gasteiger partial charge in [-0.05, 0) is 36.8 Å². The Morgan fingerprint density at radius 1 is 1.11 bits per heavy atom. The van der Waals surface area contributed by atoms with Gasteiger partial charge in [0.2, 0.25) is 0 Å². The van der Waals surface area contributed by atoms with Crippen LogP contribution in [-0.2, 0) is 21.4 Å². The molecule has 0 aromatic heterocycles. The Morgan fingerprint density at radius 3 is 2.37 bits per heavy atom. The van der Waals surface area contributed by atoms with Crippen molar-refractivity contribution in [1.82, 2.24) is 4.90 Å². The zero-order valence-electron chi connectivity index (χ0n) is 15.2. The van der Waals surface area contributed by atoms with Gasteiger partial charge in [-0.2, -0.15) is 8.42 Å². The minimum absolute atomic E-state index is 0.105. The summed E-state index contributed by atoms with van der Waals surface area (Å²) in [4.78, 5) is 14.5. The van der Waals surface area contributed by atoms with Crippen LogP contribution in [0, 0.1) is 0 Å². The van der Waals surface area contributed by atoms with Crippen LogP contribution in [0.2, 0.25) is 5.02 Å². The van der Waals surface area contributed by atoms with Gasteiger partial charge in [-0.15, -0.1) is 0 Å². The van der Waals surface area contributed by atoms with E-state index in [2.05, 4.69) is 0 Å². The highest BCUT2D eigenvalue weighted by atomic mass is 35.5. The lowest BCUT2D eigenvalue weighted by Gasteiger charge is -2.23. The zero-order valence-corrected chi connectivity index (χ0v) is 16.8. The second-order valence-electron chi connectivity index (χ2n) is 5.77. The summed E-state index contributed by atoms with van der Waals surface area (Å²) < 4.78 is 33.1. The molecule has 0 saturated heterocycles. The highest BCUT2D eigenvalue weighted by Crippen LogP contribution is 2.20. The van der Waals surface area contributed by atoms with E-state index < -0.39 is 10.1 Å². The molecule has 146 valence electrons. The van der Waals surface area contributed by atoms with Crippen LogP contribution in [-0.4, -0.2) is 45.2 Å². The van der Waals surface area contributed by atoms with Crippen molar-refractivity contribution >= 4 is 27.6 Å². The predicted molar refractivity (Wildman–Crippen MR) is 105 cm³/mol. The summed E-state index contributed by atoms with van der Waals surface area (Å²) in [5.41, 5.74) is 1.25. The van der Waals surface area contributed by atoms with Gasteiger partial charge in [-0.1, -0.05) is 35.9 Å². The third kappa shape index (κ3) is 6.23. The van der Waals surface area contributed by atoms with E-state index in [0.717, 1.165) is 5.56 Å². The first kappa shape index (κ1) is 21.2. The normalized spacial score (nSPS) is 11.2. The molecule has 0 N–H and O–H groups in total. The number of halogens is 1. The second-order valence-corrected chi connectivity index (χ2v) is 8.04. The van der Waals surface area contributed by atoms with Crippen molar-refractivity contribution < 1.29 is 22.1 Å². The Morgan fingerprint density at radius 2 is 1.78 bits per heavy atom. The Kier molecular flexibility index (Phi) is 7.65. The number of carbonyl (C=O) groups is 1. The lowest BCUT2D eigenvalue weighted by atomic mass is 10.1. The molecule has 0 fully saturated rings. The largest absolute Gasteiger partial charge is 0.383 e. The number of benzene rings is 2. The molecule has 0 saturated carbocycles. The van der Waals surface area contributed by atoms with Crippen molar-refractivity contribution in [3.63, 3.8) is 0 Å². The molecule has 0 aliphatic heterocycles. The van der Waals surface area contributed by atoms with Crippen LogP contribution in [0.5, 0.6) is 5.75 Å². The van der Waals surface area contributed by atoms with Crippen LogP contribution in [0.1, 0.15) is 22.8 Å². The fraction of sp³-hybridized carbons (Fsp3) is 0.316. The summed E-state index contributed by atoms with van der Waals surface area (Å²) in [6, 6.07) is 13.4. The molecule has 0 aliphatic carbocycles. The number of nitrogens with zero attached hydrogens (tertiary/aromatic N) is 1. The number of carbonyl (C=O) groups excluding carboxylic acids is 1. The molecule has 0 aliphatic rings. The third-order valence-electron chi connectivity index (χ3n) is 3.83. The SMILES string of the molecule is CCS(=O)(=O)Oc1ccc(CN(CCOC)C(=O)c2ccccc2Cl)cc1. The molecule has 0 radical (unpaired) electrons. The van der Waals surface area contributed by atoms with Crippen molar-refractivity contribution in [3.8, 4) is 5.75 Å². The van der Waals surface area contributed by atoms with Gasteiger partial charge in [-0.25, -0.2) is 0 Å². The lowest BCUT2D eigenvalue weighted by Crippen LogP contribution is -2.33. The molecule has 0 spiro atoms. The maximum Gasteiger partial charge on any atom is 0.308 e.